The van der Waals surface area contributed by atoms with Gasteiger partial charge in [0.15, 0.2) is 12.2 Å². The van der Waals surface area contributed by atoms with E-state index in [1.54, 1.807) is 12.1 Å². The minimum Gasteiger partial charge on any atom is -0.455 e. The molecule has 0 bridgehead atoms. The number of anilines is 1. The van der Waals surface area contributed by atoms with Gasteiger partial charge in [-0.2, -0.15) is 0 Å². The maximum atomic E-state index is 11.8. The molecule has 3 aromatic rings. The lowest BCUT2D eigenvalue weighted by molar-refractivity contribution is -0.384. The zero-order valence-corrected chi connectivity index (χ0v) is 14.6. The van der Waals surface area contributed by atoms with Crippen molar-refractivity contribution in [3.63, 3.8) is 0 Å². The molecule has 0 saturated carbocycles. The second-order valence-electron chi connectivity index (χ2n) is 5.25. The van der Waals surface area contributed by atoms with Crippen LogP contribution in [0.15, 0.2) is 58.2 Å². The maximum absolute atomic E-state index is 11.8. The molecule has 1 amide bonds. The van der Waals surface area contributed by atoms with Crippen LogP contribution in [0.4, 0.5) is 11.4 Å². The first-order valence-electron chi connectivity index (χ1n) is 7.69. The fourth-order valence-electron chi connectivity index (χ4n) is 2.08. The Labute approximate surface area is 156 Å². The van der Waals surface area contributed by atoms with Crippen molar-refractivity contribution in [2.45, 2.75) is 5.22 Å². The van der Waals surface area contributed by atoms with Crippen LogP contribution in [0.1, 0.15) is 0 Å². The molecule has 1 aromatic heterocycles. The van der Waals surface area contributed by atoms with Gasteiger partial charge >= 0.3 is 5.97 Å². The Morgan fingerprint density at radius 2 is 1.93 bits per heavy atom. The molecule has 10 heteroatoms. The summed E-state index contributed by atoms with van der Waals surface area (Å²) >= 11 is 1.07. The molecular formula is C17H13N3O6S. The standard InChI is InChI=1S/C17H13N3O6S/c21-15(18-11-5-7-12(8-6-11)20(23)24)9-25-16(22)10-27-17-19-13-3-1-2-4-14(13)26-17/h1-8H,9-10H2,(H,18,21). The van der Waals surface area contributed by atoms with Gasteiger partial charge in [0.05, 0.1) is 4.92 Å². The molecule has 9 nitrogen and oxygen atoms in total. The summed E-state index contributed by atoms with van der Waals surface area (Å²) in [5.74, 6) is -1.21. The predicted octanol–water partition coefficient (Wildman–Crippen LogP) is 3.01. The molecule has 0 aliphatic carbocycles. The monoisotopic (exact) mass is 387 g/mol. The number of non-ortho nitro benzene ring substituents is 1. The minimum absolute atomic E-state index is 0.0579. The normalized spacial score (nSPS) is 10.5. The zero-order valence-electron chi connectivity index (χ0n) is 13.8. The Hall–Kier alpha value is -3.40. The Bertz CT molecular complexity index is 953. The average Bonchev–Trinajstić information content (AvgIpc) is 3.08. The number of ether oxygens (including phenoxy) is 1. The number of esters is 1. The van der Waals surface area contributed by atoms with E-state index in [9.17, 15) is 19.7 Å². The van der Waals surface area contributed by atoms with Crippen molar-refractivity contribution in [3.05, 3.63) is 58.6 Å². The summed E-state index contributed by atoms with van der Waals surface area (Å²) in [6, 6.07) is 12.5. The summed E-state index contributed by atoms with van der Waals surface area (Å²) in [7, 11) is 0. The molecule has 0 fully saturated rings. The van der Waals surface area contributed by atoms with Gasteiger partial charge in [-0.25, -0.2) is 4.98 Å². The molecule has 138 valence electrons. The van der Waals surface area contributed by atoms with E-state index < -0.39 is 23.4 Å². The number of nitro groups is 1. The number of carbonyl (C=O) groups excluding carboxylic acids is 2. The third-order valence-electron chi connectivity index (χ3n) is 3.31. The molecular weight excluding hydrogens is 374 g/mol. The van der Waals surface area contributed by atoms with Gasteiger partial charge in [-0.15, -0.1) is 0 Å². The van der Waals surface area contributed by atoms with Crippen molar-refractivity contribution >= 4 is 46.1 Å². The molecule has 0 radical (unpaired) electrons. The number of nitrogens with zero attached hydrogens (tertiary/aromatic N) is 2. The fourth-order valence-corrected chi connectivity index (χ4v) is 2.72. The highest BCUT2D eigenvalue weighted by molar-refractivity contribution is 7.99. The van der Waals surface area contributed by atoms with Crippen molar-refractivity contribution in [2.24, 2.45) is 0 Å². The quantitative estimate of drug-likeness (QED) is 0.284. The summed E-state index contributed by atoms with van der Waals surface area (Å²) in [5, 5.41) is 13.4. The third kappa shape index (κ3) is 5.05. The van der Waals surface area contributed by atoms with Crippen LogP contribution in [-0.2, 0) is 14.3 Å². The highest BCUT2D eigenvalue weighted by Gasteiger charge is 2.12. The van der Waals surface area contributed by atoms with Crippen molar-refractivity contribution in [2.75, 3.05) is 17.7 Å². The number of hydrogen-bond acceptors (Lipinski definition) is 8. The molecule has 1 N–H and O–H groups in total. The molecule has 0 aliphatic rings. The second-order valence-corrected chi connectivity index (χ2v) is 6.18. The van der Waals surface area contributed by atoms with Crippen molar-refractivity contribution < 1.29 is 23.7 Å². The smallest absolute Gasteiger partial charge is 0.316 e. The van der Waals surface area contributed by atoms with Crippen LogP contribution in [-0.4, -0.2) is 34.1 Å². The van der Waals surface area contributed by atoms with Crippen LogP contribution < -0.4 is 5.32 Å². The van der Waals surface area contributed by atoms with Gasteiger partial charge in [0.1, 0.15) is 11.3 Å². The molecule has 3 rings (SSSR count). The Morgan fingerprint density at radius 1 is 1.19 bits per heavy atom. The SMILES string of the molecule is O=C(COC(=O)CSc1nc2ccccc2o1)Nc1ccc([N+](=O)[O-])cc1. The largest absolute Gasteiger partial charge is 0.455 e. The number of para-hydroxylation sites is 2. The number of oxazole rings is 1. The zero-order chi connectivity index (χ0) is 19.2. The molecule has 0 aliphatic heterocycles. The molecule has 1 heterocycles. The third-order valence-corrected chi connectivity index (χ3v) is 4.12. The number of amides is 1. The summed E-state index contributed by atoms with van der Waals surface area (Å²) in [6.07, 6.45) is 0. The second kappa shape index (κ2) is 8.32. The van der Waals surface area contributed by atoms with Crippen LogP contribution in [0.2, 0.25) is 0 Å². The highest BCUT2D eigenvalue weighted by atomic mass is 32.2. The number of fused-ring (bicyclic) bond motifs is 1. The lowest BCUT2D eigenvalue weighted by Crippen LogP contribution is -2.21. The number of nitrogens with one attached hydrogen (secondary N) is 1. The molecule has 0 saturated heterocycles. The number of aromatic nitrogens is 1. The van der Waals surface area contributed by atoms with E-state index in [1.807, 2.05) is 12.1 Å². The lowest BCUT2D eigenvalue weighted by atomic mass is 10.3. The summed E-state index contributed by atoms with van der Waals surface area (Å²) in [5.41, 5.74) is 1.59. The lowest BCUT2D eigenvalue weighted by Gasteiger charge is -2.06. The van der Waals surface area contributed by atoms with E-state index in [4.69, 9.17) is 9.15 Å². The van der Waals surface area contributed by atoms with Crippen LogP contribution in [0.25, 0.3) is 11.1 Å². The Balaban J connectivity index is 1.42. The summed E-state index contributed by atoms with van der Waals surface area (Å²) in [4.78, 5) is 37.8. The number of carbonyl (C=O) groups is 2. The Morgan fingerprint density at radius 3 is 2.63 bits per heavy atom. The predicted molar refractivity (Wildman–Crippen MR) is 97.4 cm³/mol. The average molecular weight is 387 g/mol. The number of hydrogen-bond donors (Lipinski definition) is 1. The van der Waals surface area contributed by atoms with Gasteiger partial charge in [0, 0.05) is 17.8 Å². The van der Waals surface area contributed by atoms with Crippen molar-refractivity contribution in [3.8, 4) is 0 Å². The van der Waals surface area contributed by atoms with E-state index in [2.05, 4.69) is 10.3 Å². The number of nitro benzene ring substituents is 1. The first kappa shape index (κ1) is 18.4. The topological polar surface area (TPSA) is 125 Å². The molecule has 27 heavy (non-hydrogen) atoms. The van der Waals surface area contributed by atoms with Crippen LogP contribution in [0.5, 0.6) is 0 Å². The van der Waals surface area contributed by atoms with E-state index in [0.717, 1.165) is 11.8 Å². The van der Waals surface area contributed by atoms with E-state index in [-0.39, 0.29) is 11.4 Å². The fraction of sp³-hybridized carbons (Fsp3) is 0.118. The Kier molecular flexibility index (Phi) is 5.67. The first-order valence-corrected chi connectivity index (χ1v) is 8.68. The molecule has 0 spiro atoms. The van der Waals surface area contributed by atoms with Gasteiger partial charge in [-0.05, 0) is 24.3 Å². The van der Waals surface area contributed by atoms with Gasteiger partial charge in [0.2, 0.25) is 0 Å². The highest BCUT2D eigenvalue weighted by Crippen LogP contribution is 2.23. The van der Waals surface area contributed by atoms with Gasteiger partial charge in [-0.3, -0.25) is 19.7 Å². The maximum Gasteiger partial charge on any atom is 0.316 e. The number of thioether (sulfide) groups is 1. The van der Waals surface area contributed by atoms with E-state index in [0.29, 0.717) is 22.0 Å². The molecule has 0 unspecified atom stereocenters. The molecule has 0 atom stereocenters. The first-order chi connectivity index (χ1) is 13.0. The van der Waals surface area contributed by atoms with Crippen LogP contribution in [0, 0.1) is 10.1 Å². The number of benzene rings is 2. The summed E-state index contributed by atoms with van der Waals surface area (Å²) in [6.45, 7) is -0.468. The van der Waals surface area contributed by atoms with E-state index >= 15 is 0 Å². The van der Waals surface area contributed by atoms with Crippen LogP contribution >= 0.6 is 11.8 Å². The van der Waals surface area contributed by atoms with Gasteiger partial charge in [0.25, 0.3) is 16.8 Å². The van der Waals surface area contributed by atoms with Crippen LogP contribution in [0.3, 0.4) is 0 Å². The van der Waals surface area contributed by atoms with Crippen molar-refractivity contribution in [1.82, 2.24) is 4.98 Å². The summed E-state index contributed by atoms with van der Waals surface area (Å²) < 4.78 is 10.4. The van der Waals surface area contributed by atoms with Gasteiger partial charge in [-0.1, -0.05) is 23.9 Å². The van der Waals surface area contributed by atoms with Gasteiger partial charge < -0.3 is 14.5 Å². The van der Waals surface area contributed by atoms with Crippen molar-refractivity contribution in [1.29, 1.82) is 0 Å². The number of rotatable bonds is 7. The minimum atomic E-state index is -0.596. The molecule has 2 aromatic carbocycles. The van der Waals surface area contributed by atoms with E-state index in [1.165, 1.54) is 24.3 Å².